The van der Waals surface area contributed by atoms with Gasteiger partial charge in [-0.25, -0.2) is 4.79 Å². The number of amides is 1. The summed E-state index contributed by atoms with van der Waals surface area (Å²) in [6.45, 7) is 7.16. The average molecular weight is 424 g/mol. The molecule has 0 saturated carbocycles. The predicted octanol–water partition coefficient (Wildman–Crippen LogP) is 2.18. The highest BCUT2D eigenvalue weighted by atomic mass is 16.7. The van der Waals surface area contributed by atoms with Crippen LogP contribution in [0.5, 0.6) is 11.5 Å². The Kier molecular flexibility index (Phi) is 9.69. The first-order valence-corrected chi connectivity index (χ1v) is 10.2. The highest BCUT2D eigenvalue weighted by Gasteiger charge is 2.26. The van der Waals surface area contributed by atoms with Crippen molar-refractivity contribution in [3.63, 3.8) is 0 Å². The summed E-state index contributed by atoms with van der Waals surface area (Å²) in [5.41, 5.74) is 5.83. The number of nitrogens with zero attached hydrogens (tertiary/aromatic N) is 1. The number of ether oxygens (including phenoxy) is 5. The Morgan fingerprint density at radius 3 is 2.57 bits per heavy atom. The van der Waals surface area contributed by atoms with E-state index in [1.807, 2.05) is 45.0 Å². The van der Waals surface area contributed by atoms with Crippen LogP contribution in [-0.2, 0) is 19.0 Å². The number of hydrogen-bond donors (Lipinski definition) is 1. The van der Waals surface area contributed by atoms with Gasteiger partial charge in [-0.1, -0.05) is 26.0 Å². The second-order valence-electron chi connectivity index (χ2n) is 7.29. The van der Waals surface area contributed by atoms with Crippen molar-refractivity contribution in [2.45, 2.75) is 39.3 Å². The van der Waals surface area contributed by atoms with Crippen molar-refractivity contribution in [1.29, 1.82) is 0 Å². The van der Waals surface area contributed by atoms with Crippen molar-refractivity contribution >= 4 is 12.1 Å². The molecule has 168 valence electrons. The Hall–Kier alpha value is -2.52. The lowest BCUT2D eigenvalue weighted by molar-refractivity contribution is -0.153. The fourth-order valence-electron chi connectivity index (χ4n) is 2.74. The number of nitrogens with two attached hydrogens (primary N) is 1. The van der Waals surface area contributed by atoms with Gasteiger partial charge in [-0.15, -0.1) is 0 Å². The average Bonchev–Trinajstić information content (AvgIpc) is 2.73. The number of hydrogen-bond acceptors (Lipinski definition) is 8. The third kappa shape index (κ3) is 7.72. The fraction of sp³-hybridized carbons (Fsp3) is 0.619. The minimum atomic E-state index is -0.570. The summed E-state index contributed by atoms with van der Waals surface area (Å²) in [5, 5.41) is 0. The molecule has 0 aliphatic carbocycles. The number of benzene rings is 1. The molecular weight excluding hydrogens is 392 g/mol. The predicted molar refractivity (Wildman–Crippen MR) is 109 cm³/mol. The van der Waals surface area contributed by atoms with E-state index in [-0.39, 0.29) is 31.1 Å². The Bertz CT molecular complexity index is 683. The molecule has 1 amide bonds. The van der Waals surface area contributed by atoms with Gasteiger partial charge in [0.15, 0.2) is 11.5 Å². The topological polar surface area (TPSA) is 110 Å². The van der Waals surface area contributed by atoms with Crippen LogP contribution in [0.3, 0.4) is 0 Å². The molecule has 1 aliphatic heterocycles. The van der Waals surface area contributed by atoms with Crippen molar-refractivity contribution in [1.82, 2.24) is 4.90 Å². The summed E-state index contributed by atoms with van der Waals surface area (Å²) in [4.78, 5) is 25.4. The Balaban J connectivity index is 1.73. The molecule has 1 heterocycles. The molecule has 0 aromatic heterocycles. The maximum atomic E-state index is 12.2. The second-order valence-corrected chi connectivity index (χ2v) is 7.29. The van der Waals surface area contributed by atoms with Crippen LogP contribution in [0.25, 0.3) is 0 Å². The summed E-state index contributed by atoms with van der Waals surface area (Å²) < 4.78 is 27.0. The normalized spacial score (nSPS) is 17.4. The van der Waals surface area contributed by atoms with Crippen LogP contribution in [-0.4, -0.2) is 68.8 Å². The molecule has 9 nitrogen and oxygen atoms in total. The van der Waals surface area contributed by atoms with Crippen LogP contribution in [0.1, 0.15) is 27.2 Å². The molecule has 0 spiro atoms. The minimum absolute atomic E-state index is 0.0788. The van der Waals surface area contributed by atoms with E-state index in [1.165, 1.54) is 4.90 Å². The first-order chi connectivity index (χ1) is 14.4. The van der Waals surface area contributed by atoms with E-state index in [0.29, 0.717) is 37.8 Å². The lowest BCUT2D eigenvalue weighted by Gasteiger charge is -2.32. The summed E-state index contributed by atoms with van der Waals surface area (Å²) >= 11 is 0. The number of carbonyl (C=O) groups is 2. The van der Waals surface area contributed by atoms with Crippen LogP contribution in [0, 0.1) is 5.92 Å². The van der Waals surface area contributed by atoms with Gasteiger partial charge in [0.2, 0.25) is 6.79 Å². The molecule has 1 saturated heterocycles. The van der Waals surface area contributed by atoms with Gasteiger partial charge in [0.1, 0.15) is 12.7 Å². The number of esters is 1. The quantitative estimate of drug-likeness (QED) is 0.450. The molecule has 1 fully saturated rings. The van der Waals surface area contributed by atoms with E-state index in [1.54, 1.807) is 0 Å². The maximum Gasteiger partial charge on any atom is 0.412 e. The number of morpholine rings is 1. The Morgan fingerprint density at radius 1 is 1.20 bits per heavy atom. The fourth-order valence-corrected chi connectivity index (χ4v) is 2.74. The molecule has 1 aromatic carbocycles. The minimum Gasteiger partial charge on any atom is -0.490 e. The first kappa shape index (κ1) is 23.8. The molecule has 2 rings (SSSR count). The number of rotatable bonds is 10. The SMILES string of the molecule is CCOc1ccccc1OCC1CN(C(=O)OCOC(=O)CC(N)C(C)C)CCO1. The van der Waals surface area contributed by atoms with E-state index in [9.17, 15) is 9.59 Å². The largest absolute Gasteiger partial charge is 0.490 e. The molecule has 1 aliphatic rings. The van der Waals surface area contributed by atoms with Crippen molar-refractivity contribution in [2.24, 2.45) is 11.7 Å². The molecular formula is C21H32N2O7. The molecule has 0 bridgehead atoms. The second kappa shape index (κ2) is 12.2. The molecule has 2 N–H and O–H groups in total. The van der Waals surface area contributed by atoms with Crippen LogP contribution in [0.15, 0.2) is 24.3 Å². The van der Waals surface area contributed by atoms with Gasteiger partial charge in [0.25, 0.3) is 0 Å². The summed E-state index contributed by atoms with van der Waals surface area (Å²) in [6, 6.07) is 7.09. The molecule has 2 unspecified atom stereocenters. The van der Waals surface area contributed by atoms with Gasteiger partial charge in [-0.3, -0.25) is 4.79 Å². The van der Waals surface area contributed by atoms with Gasteiger partial charge < -0.3 is 34.3 Å². The van der Waals surface area contributed by atoms with Crippen LogP contribution >= 0.6 is 0 Å². The van der Waals surface area contributed by atoms with Crippen molar-refractivity contribution < 1.29 is 33.3 Å². The molecule has 30 heavy (non-hydrogen) atoms. The maximum absolute atomic E-state index is 12.2. The highest BCUT2D eigenvalue weighted by molar-refractivity contribution is 5.71. The Morgan fingerprint density at radius 2 is 1.90 bits per heavy atom. The van der Waals surface area contributed by atoms with Crippen molar-refractivity contribution in [2.75, 3.05) is 39.7 Å². The van der Waals surface area contributed by atoms with Gasteiger partial charge in [-0.2, -0.15) is 0 Å². The van der Waals surface area contributed by atoms with E-state index in [2.05, 4.69) is 0 Å². The Labute approximate surface area is 177 Å². The van der Waals surface area contributed by atoms with E-state index >= 15 is 0 Å². The van der Waals surface area contributed by atoms with Gasteiger partial charge in [-0.05, 0) is 25.0 Å². The third-order valence-electron chi connectivity index (χ3n) is 4.63. The van der Waals surface area contributed by atoms with Crippen LogP contribution < -0.4 is 15.2 Å². The molecule has 9 heteroatoms. The standard InChI is InChI=1S/C21H32N2O7/c1-4-26-18-7-5-6-8-19(18)28-13-16-12-23(9-10-27-16)21(25)30-14-29-20(24)11-17(22)15(2)3/h5-8,15-17H,4,9-14,22H2,1-3H3. The summed E-state index contributed by atoms with van der Waals surface area (Å²) in [7, 11) is 0. The van der Waals surface area contributed by atoms with E-state index < -0.39 is 18.9 Å². The zero-order valence-electron chi connectivity index (χ0n) is 17.9. The van der Waals surface area contributed by atoms with Gasteiger partial charge in [0, 0.05) is 12.6 Å². The summed E-state index contributed by atoms with van der Waals surface area (Å²) in [5.74, 6) is 0.943. The van der Waals surface area contributed by atoms with E-state index in [4.69, 9.17) is 29.4 Å². The smallest absolute Gasteiger partial charge is 0.412 e. The molecule has 0 radical (unpaired) electrons. The van der Waals surface area contributed by atoms with Crippen LogP contribution in [0.2, 0.25) is 0 Å². The third-order valence-corrected chi connectivity index (χ3v) is 4.63. The first-order valence-electron chi connectivity index (χ1n) is 10.2. The number of para-hydroxylation sites is 2. The lowest BCUT2D eigenvalue weighted by atomic mass is 10.0. The zero-order chi connectivity index (χ0) is 21.9. The number of carbonyl (C=O) groups excluding carboxylic acids is 2. The zero-order valence-corrected chi connectivity index (χ0v) is 17.9. The van der Waals surface area contributed by atoms with E-state index in [0.717, 1.165) is 0 Å². The summed E-state index contributed by atoms with van der Waals surface area (Å²) in [6.07, 6.45) is -0.804. The van der Waals surface area contributed by atoms with Crippen molar-refractivity contribution in [3.05, 3.63) is 24.3 Å². The molecule has 1 aromatic rings. The van der Waals surface area contributed by atoms with Crippen molar-refractivity contribution in [3.8, 4) is 11.5 Å². The lowest BCUT2D eigenvalue weighted by Crippen LogP contribution is -2.48. The van der Waals surface area contributed by atoms with Crippen LogP contribution in [0.4, 0.5) is 4.79 Å². The van der Waals surface area contributed by atoms with Gasteiger partial charge in [0.05, 0.1) is 26.2 Å². The molecule has 2 atom stereocenters. The monoisotopic (exact) mass is 424 g/mol. The highest BCUT2D eigenvalue weighted by Crippen LogP contribution is 2.26. The van der Waals surface area contributed by atoms with Gasteiger partial charge >= 0.3 is 12.1 Å².